The molecular formula is C15H20N4. The van der Waals surface area contributed by atoms with Gasteiger partial charge in [-0.2, -0.15) is 0 Å². The third-order valence-electron chi connectivity index (χ3n) is 3.01. The maximum atomic E-state index is 5.99. The smallest absolute Gasteiger partial charge is 0.133 e. The molecule has 2 heterocycles. The van der Waals surface area contributed by atoms with Crippen LogP contribution in [0.25, 0.3) is 0 Å². The quantitative estimate of drug-likeness (QED) is 0.913. The van der Waals surface area contributed by atoms with Crippen LogP contribution >= 0.6 is 0 Å². The highest BCUT2D eigenvalue weighted by molar-refractivity contribution is 5.47. The van der Waals surface area contributed by atoms with Gasteiger partial charge in [-0.3, -0.25) is 4.98 Å². The average molecular weight is 256 g/mol. The average Bonchev–Trinajstić information content (AvgIpc) is 2.38. The number of anilines is 1. The summed E-state index contributed by atoms with van der Waals surface area (Å²) < 4.78 is 0. The Kier molecular flexibility index (Phi) is 4.12. The Bertz CT molecular complexity index is 551. The minimum atomic E-state index is -0.0309. The van der Waals surface area contributed by atoms with E-state index < -0.39 is 0 Å². The maximum absolute atomic E-state index is 5.99. The monoisotopic (exact) mass is 256 g/mol. The van der Waals surface area contributed by atoms with Gasteiger partial charge < -0.3 is 10.6 Å². The zero-order chi connectivity index (χ0) is 13.8. The SMILES string of the molecule is Cc1cccc(CN(C)c2ncccc2[C@H](C)N)n1. The molecule has 2 N–H and O–H groups in total. The van der Waals surface area contributed by atoms with Crippen LogP contribution in [0, 0.1) is 6.92 Å². The molecular weight excluding hydrogens is 236 g/mol. The Balaban J connectivity index is 2.23. The van der Waals surface area contributed by atoms with Crippen molar-refractivity contribution in [2.24, 2.45) is 5.73 Å². The lowest BCUT2D eigenvalue weighted by atomic mass is 10.1. The van der Waals surface area contributed by atoms with E-state index in [-0.39, 0.29) is 6.04 Å². The van der Waals surface area contributed by atoms with E-state index in [0.29, 0.717) is 0 Å². The predicted molar refractivity (Wildman–Crippen MR) is 77.9 cm³/mol. The van der Waals surface area contributed by atoms with Gasteiger partial charge in [0.15, 0.2) is 0 Å². The number of nitrogens with zero attached hydrogens (tertiary/aromatic N) is 3. The molecule has 0 unspecified atom stereocenters. The molecule has 0 saturated carbocycles. The van der Waals surface area contributed by atoms with Crippen LogP contribution in [-0.4, -0.2) is 17.0 Å². The summed E-state index contributed by atoms with van der Waals surface area (Å²) in [4.78, 5) is 11.0. The highest BCUT2D eigenvalue weighted by Crippen LogP contribution is 2.22. The summed E-state index contributed by atoms with van der Waals surface area (Å²) in [7, 11) is 2.01. The minimum absolute atomic E-state index is 0.0309. The standard InChI is InChI=1S/C15H20N4/c1-11-6-4-7-13(18-11)10-19(3)15-14(12(2)16)8-5-9-17-15/h4-9,12H,10,16H2,1-3H3/t12-/m0/s1. The number of pyridine rings is 2. The molecule has 100 valence electrons. The second-order valence-electron chi connectivity index (χ2n) is 4.83. The first-order valence-electron chi connectivity index (χ1n) is 6.42. The molecule has 19 heavy (non-hydrogen) atoms. The van der Waals surface area contributed by atoms with E-state index in [1.54, 1.807) is 6.20 Å². The molecule has 0 aromatic carbocycles. The lowest BCUT2D eigenvalue weighted by Gasteiger charge is -2.22. The second kappa shape index (κ2) is 5.80. The van der Waals surface area contributed by atoms with E-state index in [1.165, 1.54) is 0 Å². The highest BCUT2D eigenvalue weighted by Gasteiger charge is 2.12. The molecule has 0 aliphatic heterocycles. The lowest BCUT2D eigenvalue weighted by Crippen LogP contribution is -2.22. The first-order valence-corrected chi connectivity index (χ1v) is 6.42. The molecule has 0 bridgehead atoms. The van der Waals surface area contributed by atoms with Crippen molar-refractivity contribution < 1.29 is 0 Å². The largest absolute Gasteiger partial charge is 0.354 e. The summed E-state index contributed by atoms with van der Waals surface area (Å²) in [6.07, 6.45) is 1.79. The number of hydrogen-bond donors (Lipinski definition) is 1. The Morgan fingerprint density at radius 1 is 1.26 bits per heavy atom. The molecule has 0 radical (unpaired) electrons. The number of hydrogen-bond acceptors (Lipinski definition) is 4. The summed E-state index contributed by atoms with van der Waals surface area (Å²) in [5.41, 5.74) is 9.10. The van der Waals surface area contributed by atoms with Gasteiger partial charge in [0.1, 0.15) is 5.82 Å². The van der Waals surface area contributed by atoms with Gasteiger partial charge in [0.2, 0.25) is 0 Å². The predicted octanol–water partition coefficient (Wildman–Crippen LogP) is 2.44. The molecule has 0 aliphatic carbocycles. The molecule has 2 rings (SSSR count). The van der Waals surface area contributed by atoms with Gasteiger partial charge in [-0.05, 0) is 32.0 Å². The van der Waals surface area contributed by atoms with Crippen molar-refractivity contribution in [1.82, 2.24) is 9.97 Å². The molecule has 2 aromatic rings. The van der Waals surface area contributed by atoms with Crippen LogP contribution in [0.2, 0.25) is 0 Å². The van der Waals surface area contributed by atoms with Crippen molar-refractivity contribution in [3.05, 3.63) is 53.5 Å². The van der Waals surface area contributed by atoms with Gasteiger partial charge >= 0.3 is 0 Å². The highest BCUT2D eigenvalue weighted by atomic mass is 15.2. The van der Waals surface area contributed by atoms with Crippen LogP contribution in [0.1, 0.15) is 29.9 Å². The summed E-state index contributed by atoms with van der Waals surface area (Å²) in [6.45, 7) is 4.69. The van der Waals surface area contributed by atoms with Crippen molar-refractivity contribution in [2.45, 2.75) is 26.4 Å². The van der Waals surface area contributed by atoms with Crippen molar-refractivity contribution >= 4 is 5.82 Å². The van der Waals surface area contributed by atoms with Crippen LogP contribution < -0.4 is 10.6 Å². The molecule has 0 fully saturated rings. The maximum Gasteiger partial charge on any atom is 0.133 e. The van der Waals surface area contributed by atoms with Crippen LogP contribution in [0.15, 0.2) is 36.5 Å². The van der Waals surface area contributed by atoms with Crippen molar-refractivity contribution in [3.63, 3.8) is 0 Å². The second-order valence-corrected chi connectivity index (χ2v) is 4.83. The third-order valence-corrected chi connectivity index (χ3v) is 3.01. The summed E-state index contributed by atoms with van der Waals surface area (Å²) in [6, 6.07) is 9.96. The van der Waals surface area contributed by atoms with E-state index in [4.69, 9.17) is 5.73 Å². The molecule has 0 spiro atoms. The van der Waals surface area contributed by atoms with Gasteiger partial charge in [-0.1, -0.05) is 12.1 Å². The molecule has 4 nitrogen and oxygen atoms in total. The summed E-state index contributed by atoms with van der Waals surface area (Å²) >= 11 is 0. The van der Waals surface area contributed by atoms with E-state index in [9.17, 15) is 0 Å². The Labute approximate surface area is 114 Å². The Morgan fingerprint density at radius 2 is 2.05 bits per heavy atom. The molecule has 0 amide bonds. The summed E-state index contributed by atoms with van der Waals surface area (Å²) in [5.74, 6) is 0.917. The molecule has 0 aliphatic rings. The minimum Gasteiger partial charge on any atom is -0.354 e. The number of aryl methyl sites for hydroxylation is 1. The number of rotatable bonds is 4. The van der Waals surface area contributed by atoms with Crippen LogP contribution in [0.3, 0.4) is 0 Å². The number of aromatic nitrogens is 2. The first-order chi connectivity index (χ1) is 9.08. The molecule has 1 atom stereocenters. The molecule has 0 saturated heterocycles. The van der Waals surface area contributed by atoms with E-state index in [1.807, 2.05) is 51.2 Å². The zero-order valence-corrected chi connectivity index (χ0v) is 11.7. The van der Waals surface area contributed by atoms with E-state index in [0.717, 1.165) is 29.3 Å². The zero-order valence-electron chi connectivity index (χ0n) is 11.7. The van der Waals surface area contributed by atoms with Gasteiger partial charge in [0, 0.05) is 30.5 Å². The Hall–Kier alpha value is -1.94. The fourth-order valence-electron chi connectivity index (χ4n) is 2.09. The van der Waals surface area contributed by atoms with Gasteiger partial charge in [0.05, 0.1) is 12.2 Å². The van der Waals surface area contributed by atoms with Crippen LogP contribution in [0.4, 0.5) is 5.82 Å². The number of nitrogens with two attached hydrogens (primary N) is 1. The van der Waals surface area contributed by atoms with Gasteiger partial charge in [-0.25, -0.2) is 4.98 Å². The molecule has 2 aromatic heterocycles. The van der Waals surface area contributed by atoms with Gasteiger partial charge in [-0.15, -0.1) is 0 Å². The first kappa shape index (κ1) is 13.5. The molecule has 4 heteroatoms. The van der Waals surface area contributed by atoms with Crippen molar-refractivity contribution in [2.75, 3.05) is 11.9 Å². The van der Waals surface area contributed by atoms with E-state index in [2.05, 4.69) is 14.9 Å². The van der Waals surface area contributed by atoms with Crippen molar-refractivity contribution in [1.29, 1.82) is 0 Å². The normalized spacial score (nSPS) is 12.2. The lowest BCUT2D eigenvalue weighted by molar-refractivity contribution is 0.782. The van der Waals surface area contributed by atoms with Crippen LogP contribution in [-0.2, 0) is 6.54 Å². The summed E-state index contributed by atoms with van der Waals surface area (Å²) in [5, 5.41) is 0. The van der Waals surface area contributed by atoms with Crippen LogP contribution in [0.5, 0.6) is 0 Å². The van der Waals surface area contributed by atoms with E-state index >= 15 is 0 Å². The third kappa shape index (κ3) is 3.29. The van der Waals surface area contributed by atoms with Gasteiger partial charge in [0.25, 0.3) is 0 Å². The Morgan fingerprint density at radius 3 is 2.74 bits per heavy atom. The fourth-order valence-corrected chi connectivity index (χ4v) is 2.09. The van der Waals surface area contributed by atoms with Crippen molar-refractivity contribution in [3.8, 4) is 0 Å². The fraction of sp³-hybridized carbons (Fsp3) is 0.333. The topological polar surface area (TPSA) is 55.0 Å².